The molecule has 112 valence electrons. The summed E-state index contributed by atoms with van der Waals surface area (Å²) in [6, 6.07) is 9.58. The van der Waals surface area contributed by atoms with E-state index in [0.29, 0.717) is 34.7 Å². The molecule has 0 spiro atoms. The van der Waals surface area contributed by atoms with Crippen molar-refractivity contribution in [1.29, 1.82) is 0 Å². The molecule has 0 aliphatic rings. The van der Waals surface area contributed by atoms with Crippen LogP contribution < -0.4 is 4.74 Å². The van der Waals surface area contributed by atoms with Gasteiger partial charge in [-0.15, -0.1) is 0 Å². The van der Waals surface area contributed by atoms with Crippen LogP contribution in [0.2, 0.25) is 0 Å². The molecular weight excluding hydrogens is 285 g/mol. The lowest BCUT2D eigenvalue weighted by Gasteiger charge is -2.07. The summed E-state index contributed by atoms with van der Waals surface area (Å²) < 4.78 is 24.2. The van der Waals surface area contributed by atoms with Crippen molar-refractivity contribution in [1.82, 2.24) is 4.98 Å². The highest BCUT2D eigenvalue weighted by molar-refractivity contribution is 5.80. The number of carbonyl (C=O) groups excluding carboxylic acids is 1. The number of Topliss-reactive ketones (excluding diaryl/α,β-unsaturated/α-hetero) is 1. The zero-order valence-corrected chi connectivity index (χ0v) is 12.2. The quantitative estimate of drug-likeness (QED) is 0.735. The number of carbonyl (C=O) groups is 1. The number of halogens is 1. The zero-order chi connectivity index (χ0) is 15.7. The summed E-state index contributed by atoms with van der Waals surface area (Å²) in [7, 11) is 1.54. The fourth-order valence-corrected chi connectivity index (χ4v) is 2.33. The zero-order valence-electron chi connectivity index (χ0n) is 12.2. The number of hydrogen-bond donors (Lipinski definition) is 0. The highest BCUT2D eigenvalue weighted by Gasteiger charge is 2.14. The number of methoxy groups -OCH3 is 1. The van der Waals surface area contributed by atoms with Crippen LogP contribution in [0.25, 0.3) is 22.6 Å². The molecule has 5 heteroatoms. The Morgan fingerprint density at radius 1 is 1.27 bits per heavy atom. The lowest BCUT2D eigenvalue weighted by atomic mass is 10.1. The Morgan fingerprint density at radius 3 is 2.82 bits per heavy atom. The third-order valence-corrected chi connectivity index (χ3v) is 3.30. The lowest BCUT2D eigenvalue weighted by Crippen LogP contribution is -1.97. The SMILES string of the molecule is COc1cc(CC(C)=O)ccc1-c1nc2cc(F)ccc2o1. The molecule has 0 radical (unpaired) electrons. The maximum Gasteiger partial charge on any atom is 0.231 e. The van der Waals surface area contributed by atoms with E-state index in [-0.39, 0.29) is 11.6 Å². The van der Waals surface area contributed by atoms with Crippen LogP contribution >= 0.6 is 0 Å². The fraction of sp³-hybridized carbons (Fsp3) is 0.176. The summed E-state index contributed by atoms with van der Waals surface area (Å²) in [5, 5.41) is 0. The number of benzene rings is 2. The number of ether oxygens (including phenoxy) is 1. The maximum absolute atomic E-state index is 13.2. The van der Waals surface area contributed by atoms with Gasteiger partial charge in [-0.2, -0.15) is 0 Å². The van der Waals surface area contributed by atoms with E-state index >= 15 is 0 Å². The van der Waals surface area contributed by atoms with Crippen molar-refractivity contribution in [3.05, 3.63) is 47.8 Å². The molecule has 3 aromatic rings. The van der Waals surface area contributed by atoms with Gasteiger partial charge in [-0.1, -0.05) is 6.07 Å². The summed E-state index contributed by atoms with van der Waals surface area (Å²) in [5.74, 6) is 0.626. The molecular formula is C17H14FNO3. The van der Waals surface area contributed by atoms with Gasteiger partial charge in [-0.05, 0) is 36.8 Å². The van der Waals surface area contributed by atoms with Gasteiger partial charge < -0.3 is 9.15 Å². The minimum Gasteiger partial charge on any atom is -0.496 e. The van der Waals surface area contributed by atoms with Crippen LogP contribution in [0.5, 0.6) is 5.75 Å². The largest absolute Gasteiger partial charge is 0.496 e. The van der Waals surface area contributed by atoms with Crippen molar-refractivity contribution in [3.8, 4) is 17.2 Å². The fourth-order valence-electron chi connectivity index (χ4n) is 2.33. The molecule has 0 fully saturated rings. The van der Waals surface area contributed by atoms with Crippen molar-refractivity contribution in [2.24, 2.45) is 0 Å². The average Bonchev–Trinajstić information content (AvgIpc) is 2.89. The van der Waals surface area contributed by atoms with E-state index in [9.17, 15) is 9.18 Å². The number of hydrogen-bond acceptors (Lipinski definition) is 4. The minimum atomic E-state index is -0.365. The average molecular weight is 299 g/mol. The number of rotatable bonds is 4. The second-order valence-corrected chi connectivity index (χ2v) is 5.04. The molecule has 1 aromatic heterocycles. The van der Waals surface area contributed by atoms with Gasteiger partial charge in [0.05, 0.1) is 12.7 Å². The van der Waals surface area contributed by atoms with Crippen LogP contribution in [0, 0.1) is 5.82 Å². The molecule has 22 heavy (non-hydrogen) atoms. The van der Waals surface area contributed by atoms with Gasteiger partial charge in [0, 0.05) is 12.5 Å². The first-order valence-electron chi connectivity index (χ1n) is 6.79. The standard InChI is InChI=1S/C17H14FNO3/c1-10(20)7-11-3-5-13(16(8-11)21-2)17-19-14-9-12(18)4-6-15(14)22-17/h3-6,8-9H,7H2,1-2H3. The Balaban J connectivity index is 2.07. The first-order chi connectivity index (χ1) is 10.6. The number of aromatic nitrogens is 1. The van der Waals surface area contributed by atoms with E-state index in [0.717, 1.165) is 5.56 Å². The van der Waals surface area contributed by atoms with Crippen LogP contribution in [-0.2, 0) is 11.2 Å². The molecule has 0 atom stereocenters. The lowest BCUT2D eigenvalue weighted by molar-refractivity contribution is -0.116. The van der Waals surface area contributed by atoms with Gasteiger partial charge in [-0.25, -0.2) is 9.37 Å². The molecule has 4 nitrogen and oxygen atoms in total. The maximum atomic E-state index is 13.2. The smallest absolute Gasteiger partial charge is 0.231 e. The Hall–Kier alpha value is -2.69. The van der Waals surface area contributed by atoms with Gasteiger partial charge in [0.1, 0.15) is 22.9 Å². The van der Waals surface area contributed by atoms with Crippen LogP contribution in [0.1, 0.15) is 12.5 Å². The summed E-state index contributed by atoms with van der Waals surface area (Å²) in [6.45, 7) is 1.54. The number of nitrogens with zero attached hydrogens (tertiary/aromatic N) is 1. The Kier molecular flexibility index (Phi) is 3.63. The van der Waals surface area contributed by atoms with Gasteiger partial charge in [0.25, 0.3) is 0 Å². The first kappa shape index (κ1) is 14.3. The van der Waals surface area contributed by atoms with Crippen LogP contribution in [0.4, 0.5) is 4.39 Å². The van der Waals surface area contributed by atoms with Crippen LogP contribution in [0.3, 0.4) is 0 Å². The van der Waals surface area contributed by atoms with Crippen molar-refractivity contribution in [2.45, 2.75) is 13.3 Å². The van der Waals surface area contributed by atoms with Gasteiger partial charge in [0.15, 0.2) is 5.58 Å². The summed E-state index contributed by atoms with van der Waals surface area (Å²) in [5.41, 5.74) is 2.47. The highest BCUT2D eigenvalue weighted by atomic mass is 19.1. The predicted molar refractivity (Wildman–Crippen MR) is 80.3 cm³/mol. The molecule has 0 bridgehead atoms. The van der Waals surface area contributed by atoms with E-state index < -0.39 is 0 Å². The van der Waals surface area contributed by atoms with Crippen LogP contribution in [-0.4, -0.2) is 17.9 Å². The second kappa shape index (κ2) is 5.60. The van der Waals surface area contributed by atoms with E-state index in [2.05, 4.69) is 4.98 Å². The van der Waals surface area contributed by atoms with Gasteiger partial charge >= 0.3 is 0 Å². The Labute approximate surface area is 126 Å². The molecule has 2 aromatic carbocycles. The molecule has 0 aliphatic carbocycles. The minimum absolute atomic E-state index is 0.0761. The van der Waals surface area contributed by atoms with E-state index in [4.69, 9.17) is 9.15 Å². The molecule has 1 heterocycles. The van der Waals surface area contributed by atoms with Gasteiger partial charge in [0.2, 0.25) is 5.89 Å². The third kappa shape index (κ3) is 2.70. The molecule has 0 saturated carbocycles. The normalized spacial score (nSPS) is 10.9. The Bertz CT molecular complexity index is 854. The second-order valence-electron chi connectivity index (χ2n) is 5.04. The van der Waals surface area contributed by atoms with Crippen molar-refractivity contribution in [3.63, 3.8) is 0 Å². The highest BCUT2D eigenvalue weighted by Crippen LogP contribution is 2.32. The summed E-state index contributed by atoms with van der Waals surface area (Å²) >= 11 is 0. The molecule has 0 aliphatic heterocycles. The molecule has 0 saturated heterocycles. The van der Waals surface area contributed by atoms with E-state index in [1.165, 1.54) is 25.1 Å². The molecule has 0 amide bonds. The van der Waals surface area contributed by atoms with E-state index in [1.54, 1.807) is 19.2 Å². The van der Waals surface area contributed by atoms with Crippen molar-refractivity contribution >= 4 is 16.9 Å². The topological polar surface area (TPSA) is 52.3 Å². The third-order valence-electron chi connectivity index (χ3n) is 3.30. The molecule has 0 N–H and O–H groups in total. The number of ketones is 1. The monoisotopic (exact) mass is 299 g/mol. The van der Waals surface area contributed by atoms with Crippen LogP contribution in [0.15, 0.2) is 40.8 Å². The Morgan fingerprint density at radius 2 is 2.09 bits per heavy atom. The number of oxazole rings is 1. The van der Waals surface area contributed by atoms with Crippen molar-refractivity contribution in [2.75, 3.05) is 7.11 Å². The molecule has 0 unspecified atom stereocenters. The van der Waals surface area contributed by atoms with E-state index in [1.807, 2.05) is 6.07 Å². The predicted octanol–water partition coefficient (Wildman–Crippen LogP) is 3.77. The van der Waals surface area contributed by atoms with Crippen molar-refractivity contribution < 1.29 is 18.3 Å². The van der Waals surface area contributed by atoms with Gasteiger partial charge in [-0.3, -0.25) is 4.79 Å². The molecule has 3 rings (SSSR count). The first-order valence-corrected chi connectivity index (χ1v) is 6.79. The summed E-state index contributed by atoms with van der Waals surface area (Å²) in [4.78, 5) is 15.5. The number of fused-ring (bicyclic) bond motifs is 1. The summed E-state index contributed by atoms with van der Waals surface area (Å²) in [6.07, 6.45) is 0.343.